The lowest BCUT2D eigenvalue weighted by atomic mass is 9.95. The minimum Gasteiger partial charge on any atom is -0.322 e. The summed E-state index contributed by atoms with van der Waals surface area (Å²) < 4.78 is 29.2. The first-order chi connectivity index (χ1) is 13.8. The molecule has 3 rings (SSSR count). The lowest BCUT2D eigenvalue weighted by Gasteiger charge is -2.26. The Morgan fingerprint density at radius 2 is 1.31 bits per heavy atom. The van der Waals surface area contributed by atoms with Gasteiger partial charge in [0.25, 0.3) is 0 Å². The van der Waals surface area contributed by atoms with Crippen molar-refractivity contribution in [2.45, 2.75) is 38.6 Å². The molecule has 2 atom stereocenters. The van der Waals surface area contributed by atoms with Crippen molar-refractivity contribution in [2.75, 3.05) is 0 Å². The van der Waals surface area contributed by atoms with Gasteiger partial charge in [-0.25, -0.2) is 13.1 Å². The molecule has 0 aliphatic heterocycles. The van der Waals surface area contributed by atoms with Gasteiger partial charge in [0.05, 0.1) is 17.8 Å². The molecule has 3 N–H and O–H groups in total. The van der Waals surface area contributed by atoms with Gasteiger partial charge in [-0.05, 0) is 48.6 Å². The Hall–Kier alpha value is -2.47. The van der Waals surface area contributed by atoms with Crippen molar-refractivity contribution in [1.29, 1.82) is 0 Å². The Morgan fingerprint density at radius 1 is 0.828 bits per heavy atom. The standard InChI is InChI=1S/C24H28N2O2S/c1-17-14-18(2)22(19(3)15-17)16-29(27,28)26-24(21-12-8-5-9-13-21)23(25)20-10-6-4-7-11-20/h4-15,23-24,26H,16,25H2,1-3H3. The summed E-state index contributed by atoms with van der Waals surface area (Å²) in [4.78, 5) is 0. The fraction of sp³-hybridized carbons (Fsp3) is 0.250. The van der Waals surface area contributed by atoms with E-state index in [1.807, 2.05) is 93.6 Å². The molecule has 3 aromatic rings. The lowest BCUT2D eigenvalue weighted by molar-refractivity contribution is 0.503. The Balaban J connectivity index is 1.93. The molecule has 0 spiro atoms. The van der Waals surface area contributed by atoms with Crippen LogP contribution < -0.4 is 10.5 Å². The van der Waals surface area contributed by atoms with Gasteiger partial charge in [-0.1, -0.05) is 78.4 Å². The number of hydrogen-bond acceptors (Lipinski definition) is 3. The molecule has 152 valence electrons. The molecule has 3 aromatic carbocycles. The van der Waals surface area contributed by atoms with E-state index in [1.54, 1.807) is 0 Å². The van der Waals surface area contributed by atoms with Gasteiger partial charge < -0.3 is 5.73 Å². The Kier molecular flexibility index (Phi) is 6.52. The van der Waals surface area contributed by atoms with Gasteiger partial charge in [0.2, 0.25) is 10.0 Å². The number of aryl methyl sites for hydroxylation is 3. The highest BCUT2D eigenvalue weighted by Gasteiger charge is 2.27. The van der Waals surface area contributed by atoms with Gasteiger partial charge in [0, 0.05) is 0 Å². The van der Waals surface area contributed by atoms with Crippen LogP contribution in [0.1, 0.15) is 45.5 Å². The number of rotatable bonds is 7. The molecular weight excluding hydrogens is 380 g/mol. The minimum absolute atomic E-state index is 0.0736. The second kappa shape index (κ2) is 8.91. The van der Waals surface area contributed by atoms with E-state index in [0.717, 1.165) is 33.4 Å². The quantitative estimate of drug-likeness (QED) is 0.606. The number of sulfonamides is 1. The average molecular weight is 409 g/mol. The van der Waals surface area contributed by atoms with E-state index in [2.05, 4.69) is 4.72 Å². The number of nitrogens with two attached hydrogens (primary N) is 1. The maximum absolute atomic E-state index is 13.1. The zero-order valence-corrected chi connectivity index (χ0v) is 17.9. The van der Waals surface area contributed by atoms with Crippen LogP contribution in [0.5, 0.6) is 0 Å². The normalized spacial score (nSPS) is 13.8. The number of hydrogen-bond donors (Lipinski definition) is 2. The van der Waals surface area contributed by atoms with Crippen LogP contribution in [0.4, 0.5) is 0 Å². The van der Waals surface area contributed by atoms with E-state index >= 15 is 0 Å². The second-order valence-corrected chi connectivity index (χ2v) is 9.33. The van der Waals surface area contributed by atoms with Gasteiger partial charge in [0.15, 0.2) is 0 Å². The zero-order valence-electron chi connectivity index (χ0n) is 17.1. The third kappa shape index (κ3) is 5.32. The van der Waals surface area contributed by atoms with Crippen LogP contribution in [0.15, 0.2) is 72.8 Å². The Morgan fingerprint density at radius 3 is 1.83 bits per heavy atom. The van der Waals surface area contributed by atoms with Crippen molar-refractivity contribution in [2.24, 2.45) is 5.73 Å². The summed E-state index contributed by atoms with van der Waals surface area (Å²) >= 11 is 0. The highest BCUT2D eigenvalue weighted by Crippen LogP contribution is 2.28. The molecule has 0 amide bonds. The molecule has 0 saturated heterocycles. The minimum atomic E-state index is -3.62. The summed E-state index contributed by atoms with van der Waals surface area (Å²) in [7, 11) is -3.62. The molecule has 0 aromatic heterocycles. The summed E-state index contributed by atoms with van der Waals surface area (Å²) in [5.41, 5.74) is 12.2. The van der Waals surface area contributed by atoms with E-state index in [1.165, 1.54) is 0 Å². The average Bonchev–Trinajstić information content (AvgIpc) is 2.70. The van der Waals surface area contributed by atoms with E-state index in [9.17, 15) is 8.42 Å². The van der Waals surface area contributed by atoms with E-state index < -0.39 is 22.1 Å². The predicted octanol–water partition coefficient (Wildman–Crippen LogP) is 4.47. The van der Waals surface area contributed by atoms with Crippen LogP contribution in [0.3, 0.4) is 0 Å². The first kappa shape index (κ1) is 21.2. The summed E-state index contributed by atoms with van der Waals surface area (Å²) in [6.45, 7) is 5.92. The lowest BCUT2D eigenvalue weighted by Crippen LogP contribution is -2.36. The van der Waals surface area contributed by atoms with E-state index in [-0.39, 0.29) is 5.75 Å². The topological polar surface area (TPSA) is 72.2 Å². The zero-order chi connectivity index (χ0) is 21.0. The van der Waals surface area contributed by atoms with Crippen molar-refractivity contribution in [3.05, 3.63) is 106 Å². The molecular formula is C24H28N2O2S. The first-order valence-corrected chi connectivity index (χ1v) is 11.3. The van der Waals surface area contributed by atoms with Crippen LogP contribution >= 0.6 is 0 Å². The van der Waals surface area contributed by atoms with Crippen molar-refractivity contribution < 1.29 is 8.42 Å². The Bertz CT molecular complexity index is 1040. The maximum Gasteiger partial charge on any atom is 0.216 e. The van der Waals surface area contributed by atoms with Crippen molar-refractivity contribution >= 4 is 10.0 Å². The molecule has 4 nitrogen and oxygen atoms in total. The molecule has 0 fully saturated rings. The number of nitrogens with one attached hydrogen (secondary N) is 1. The molecule has 0 saturated carbocycles. The molecule has 0 heterocycles. The maximum atomic E-state index is 13.1. The SMILES string of the molecule is Cc1cc(C)c(CS(=O)(=O)NC(c2ccccc2)C(N)c2ccccc2)c(C)c1. The molecule has 29 heavy (non-hydrogen) atoms. The third-order valence-corrected chi connectivity index (χ3v) is 6.47. The van der Waals surface area contributed by atoms with Crippen molar-refractivity contribution in [1.82, 2.24) is 4.72 Å². The fourth-order valence-electron chi connectivity index (χ4n) is 3.74. The number of benzene rings is 3. The third-order valence-electron chi connectivity index (χ3n) is 5.18. The summed E-state index contributed by atoms with van der Waals surface area (Å²) in [6, 6.07) is 22.0. The van der Waals surface area contributed by atoms with E-state index in [4.69, 9.17) is 5.73 Å². The molecule has 5 heteroatoms. The van der Waals surface area contributed by atoms with Crippen LogP contribution in [0, 0.1) is 20.8 Å². The Labute approximate surface area is 173 Å². The van der Waals surface area contributed by atoms with Crippen LogP contribution in [-0.2, 0) is 15.8 Å². The van der Waals surface area contributed by atoms with Gasteiger partial charge in [-0.15, -0.1) is 0 Å². The highest BCUT2D eigenvalue weighted by atomic mass is 32.2. The summed E-state index contributed by atoms with van der Waals surface area (Å²) in [5, 5.41) is 0. The van der Waals surface area contributed by atoms with Crippen LogP contribution in [0.25, 0.3) is 0 Å². The van der Waals surface area contributed by atoms with Gasteiger partial charge in [-0.2, -0.15) is 0 Å². The van der Waals surface area contributed by atoms with Crippen molar-refractivity contribution in [3.8, 4) is 0 Å². The fourth-order valence-corrected chi connectivity index (χ4v) is 5.33. The summed E-state index contributed by atoms with van der Waals surface area (Å²) in [6.07, 6.45) is 0. The van der Waals surface area contributed by atoms with Crippen molar-refractivity contribution in [3.63, 3.8) is 0 Å². The monoisotopic (exact) mass is 408 g/mol. The van der Waals surface area contributed by atoms with Gasteiger partial charge in [-0.3, -0.25) is 0 Å². The molecule has 0 radical (unpaired) electrons. The van der Waals surface area contributed by atoms with E-state index in [0.29, 0.717) is 0 Å². The molecule has 0 aliphatic carbocycles. The van der Waals surface area contributed by atoms with Gasteiger partial charge in [0.1, 0.15) is 0 Å². The van der Waals surface area contributed by atoms with Gasteiger partial charge >= 0.3 is 0 Å². The highest BCUT2D eigenvalue weighted by molar-refractivity contribution is 7.88. The predicted molar refractivity (Wildman–Crippen MR) is 119 cm³/mol. The first-order valence-electron chi connectivity index (χ1n) is 9.69. The summed E-state index contributed by atoms with van der Waals surface area (Å²) in [5.74, 6) is -0.0736. The molecule has 0 aliphatic rings. The van der Waals surface area contributed by atoms with Crippen LogP contribution in [0.2, 0.25) is 0 Å². The smallest absolute Gasteiger partial charge is 0.216 e. The van der Waals surface area contributed by atoms with Crippen LogP contribution in [-0.4, -0.2) is 8.42 Å². The molecule has 0 bridgehead atoms. The largest absolute Gasteiger partial charge is 0.322 e. The molecule has 2 unspecified atom stereocenters. The second-order valence-electron chi connectivity index (χ2n) is 7.58.